The molecule has 4 aromatic rings. The molecule has 0 unspecified atom stereocenters. The highest BCUT2D eigenvalue weighted by molar-refractivity contribution is 5.99. The van der Waals surface area contributed by atoms with E-state index >= 15 is 0 Å². The number of benzene rings is 2. The maximum Gasteiger partial charge on any atom is 0.267 e. The number of hydrogen-bond donors (Lipinski definition) is 4. The summed E-state index contributed by atoms with van der Waals surface area (Å²) in [7, 11) is 1.64. The van der Waals surface area contributed by atoms with Crippen LogP contribution in [0.2, 0.25) is 0 Å². The molecule has 1 saturated heterocycles. The molecule has 6 rings (SSSR count). The minimum atomic E-state index is -0.700. The van der Waals surface area contributed by atoms with Gasteiger partial charge in [-0.25, -0.2) is 0 Å². The molecule has 10 nitrogen and oxygen atoms in total. The van der Waals surface area contributed by atoms with Gasteiger partial charge in [0.15, 0.2) is 0 Å². The lowest BCUT2D eigenvalue weighted by molar-refractivity contribution is -0.0272. The molecule has 2 atom stereocenters. The van der Waals surface area contributed by atoms with Gasteiger partial charge in [-0.15, -0.1) is 0 Å². The number of furan rings is 1. The summed E-state index contributed by atoms with van der Waals surface area (Å²) in [6.07, 6.45) is 5.81. The normalized spacial score (nSPS) is 24.2. The summed E-state index contributed by atoms with van der Waals surface area (Å²) in [5, 5.41) is 26.2. The Balaban J connectivity index is 1.02. The molecule has 1 aliphatic heterocycles. The molecule has 1 aliphatic carbocycles. The van der Waals surface area contributed by atoms with E-state index < -0.39 is 5.60 Å². The minimum absolute atomic E-state index is 0.0188. The highest BCUT2D eigenvalue weighted by Gasteiger charge is 2.35. The molecule has 242 valence electrons. The van der Waals surface area contributed by atoms with E-state index in [4.69, 9.17) is 18.6 Å². The van der Waals surface area contributed by atoms with Crippen LogP contribution in [0, 0.1) is 5.92 Å². The molecule has 10 heteroatoms. The fraction of sp³-hybridized carbons (Fsp3) is 0.514. The average Bonchev–Trinajstić information content (AvgIpc) is 3.67. The number of fused-ring (bicyclic) bond motifs is 2. The first kappa shape index (κ1) is 31.4. The Morgan fingerprint density at radius 3 is 2.76 bits per heavy atom. The van der Waals surface area contributed by atoms with E-state index in [-0.39, 0.29) is 24.0 Å². The second-order valence-electron chi connectivity index (χ2n) is 12.8. The molecule has 1 saturated carbocycles. The van der Waals surface area contributed by atoms with Crippen LogP contribution in [0.1, 0.15) is 61.5 Å². The van der Waals surface area contributed by atoms with E-state index in [0.29, 0.717) is 44.1 Å². The Bertz CT molecular complexity index is 1590. The number of likely N-dealkylation sites (tertiary alicyclic amines) is 1. The van der Waals surface area contributed by atoms with E-state index in [2.05, 4.69) is 22.1 Å². The first-order valence-corrected chi connectivity index (χ1v) is 16.1. The lowest BCUT2D eigenvalue weighted by Crippen LogP contribution is -2.47. The number of hydrogen-bond acceptors (Lipinski definition) is 8. The Morgan fingerprint density at radius 2 is 1.96 bits per heavy atom. The number of ether oxygens (including phenoxy) is 3. The van der Waals surface area contributed by atoms with Crippen molar-refractivity contribution in [1.82, 2.24) is 15.2 Å². The van der Waals surface area contributed by atoms with Gasteiger partial charge in [0, 0.05) is 60.7 Å². The fourth-order valence-electron chi connectivity index (χ4n) is 6.64. The topological polar surface area (TPSA) is 129 Å². The number of carbonyl (C=O) groups is 1. The van der Waals surface area contributed by atoms with E-state index in [9.17, 15) is 15.0 Å². The summed E-state index contributed by atoms with van der Waals surface area (Å²) in [6, 6.07) is 13.3. The molecular weight excluding hydrogens is 574 g/mol. The molecular formula is C35H45N3O7. The molecule has 3 heterocycles. The van der Waals surface area contributed by atoms with E-state index in [1.807, 2.05) is 42.5 Å². The zero-order chi connectivity index (χ0) is 31.4. The lowest BCUT2D eigenvalue weighted by atomic mass is 9.80. The summed E-state index contributed by atoms with van der Waals surface area (Å²) in [4.78, 5) is 18.8. The van der Waals surface area contributed by atoms with Crippen LogP contribution < -0.4 is 14.8 Å². The van der Waals surface area contributed by atoms with Gasteiger partial charge in [0.1, 0.15) is 36.0 Å². The van der Waals surface area contributed by atoms with Crippen LogP contribution in [0.15, 0.2) is 53.1 Å². The predicted molar refractivity (Wildman–Crippen MR) is 172 cm³/mol. The lowest BCUT2D eigenvalue weighted by Gasteiger charge is -2.39. The van der Waals surface area contributed by atoms with Crippen molar-refractivity contribution in [3.8, 4) is 11.5 Å². The van der Waals surface area contributed by atoms with Crippen molar-refractivity contribution < 1.29 is 33.6 Å². The Morgan fingerprint density at radius 1 is 1.11 bits per heavy atom. The maximum atomic E-state index is 13.2. The molecule has 2 fully saturated rings. The van der Waals surface area contributed by atoms with Gasteiger partial charge in [-0.3, -0.25) is 4.79 Å². The number of aliphatic hydroxyl groups excluding tert-OH is 1. The van der Waals surface area contributed by atoms with E-state index in [0.717, 1.165) is 78.5 Å². The number of carbonyl (C=O) groups excluding carboxylic acids is 1. The van der Waals surface area contributed by atoms with Gasteiger partial charge < -0.3 is 44.0 Å². The molecule has 0 spiro atoms. The Kier molecular flexibility index (Phi) is 9.65. The van der Waals surface area contributed by atoms with Gasteiger partial charge >= 0.3 is 0 Å². The number of aromatic nitrogens is 1. The third kappa shape index (κ3) is 7.47. The van der Waals surface area contributed by atoms with Crippen molar-refractivity contribution in [3.05, 3.63) is 60.0 Å². The Labute approximate surface area is 263 Å². The number of nitrogens with zero attached hydrogens (tertiary/aromatic N) is 1. The van der Waals surface area contributed by atoms with Crippen LogP contribution in [0.25, 0.3) is 21.9 Å². The molecule has 1 amide bonds. The molecule has 2 aliphatic rings. The number of piperidine rings is 1. The highest BCUT2D eigenvalue weighted by atomic mass is 16.5. The average molecular weight is 620 g/mol. The zero-order valence-corrected chi connectivity index (χ0v) is 26.2. The molecule has 0 radical (unpaired) electrons. The predicted octanol–water partition coefficient (Wildman–Crippen LogP) is 5.01. The first-order chi connectivity index (χ1) is 21.8. The summed E-state index contributed by atoms with van der Waals surface area (Å²) < 4.78 is 22.7. The third-order valence-electron chi connectivity index (χ3n) is 9.52. The molecule has 2 aromatic heterocycles. The first-order valence-electron chi connectivity index (χ1n) is 16.1. The van der Waals surface area contributed by atoms with Gasteiger partial charge in [0.2, 0.25) is 0 Å². The van der Waals surface area contributed by atoms with Crippen LogP contribution in [-0.4, -0.2) is 83.7 Å². The molecule has 0 bridgehead atoms. The van der Waals surface area contributed by atoms with Crippen molar-refractivity contribution >= 4 is 27.8 Å². The molecule has 45 heavy (non-hydrogen) atoms. The number of nitrogens with one attached hydrogen (secondary N) is 2. The molecule has 4 N–H and O–H groups in total. The molecule has 2 aromatic carbocycles. The zero-order valence-electron chi connectivity index (χ0n) is 26.2. The maximum absolute atomic E-state index is 13.2. The van der Waals surface area contributed by atoms with E-state index in [1.54, 1.807) is 13.4 Å². The van der Waals surface area contributed by atoms with Crippen LogP contribution in [0.3, 0.4) is 0 Å². The van der Waals surface area contributed by atoms with Gasteiger partial charge in [-0.1, -0.05) is 13.0 Å². The van der Waals surface area contributed by atoms with Crippen molar-refractivity contribution in [2.24, 2.45) is 5.92 Å². The van der Waals surface area contributed by atoms with Gasteiger partial charge in [-0.2, -0.15) is 0 Å². The number of methoxy groups -OCH3 is 1. The summed E-state index contributed by atoms with van der Waals surface area (Å²) >= 11 is 0. The second-order valence-corrected chi connectivity index (χ2v) is 12.8. The van der Waals surface area contributed by atoms with Crippen LogP contribution >= 0.6 is 0 Å². The van der Waals surface area contributed by atoms with Gasteiger partial charge in [-0.05, 0) is 74.8 Å². The van der Waals surface area contributed by atoms with Crippen LogP contribution in [0.5, 0.6) is 11.5 Å². The van der Waals surface area contributed by atoms with Gasteiger partial charge in [0.05, 0.1) is 24.6 Å². The number of aliphatic hydroxyl groups is 2. The number of H-pyrrole nitrogens is 1. The van der Waals surface area contributed by atoms with E-state index in [1.165, 1.54) is 0 Å². The summed E-state index contributed by atoms with van der Waals surface area (Å²) in [6.45, 7) is 5.97. The number of rotatable bonds is 12. The monoisotopic (exact) mass is 619 g/mol. The number of amides is 1. The van der Waals surface area contributed by atoms with Crippen LogP contribution in [0.4, 0.5) is 0 Å². The standard InChI is InChI=1S/C35H45N3O7/c1-23-20-38(14-10-31(23)39)15-13-35(41)11-8-25(9-12-35)36-34(40)30-19-28-29(37-30)4-3-5-32(28)44-21-24-22-45-33-18-26(6-7-27(24)33)43-17-16-42-2/h3-7,18-19,22-23,25,31,37,39,41H,8-17,20-21H2,1-2H3,(H,36,40)/t23-,25-,31-,35+/m0/s1. The quantitative estimate of drug-likeness (QED) is 0.163. The largest absolute Gasteiger partial charge is 0.491 e. The van der Waals surface area contributed by atoms with Crippen molar-refractivity contribution in [1.29, 1.82) is 0 Å². The Hall–Kier alpha value is -3.57. The number of aromatic amines is 1. The van der Waals surface area contributed by atoms with Crippen molar-refractivity contribution in [2.45, 2.75) is 69.8 Å². The summed E-state index contributed by atoms with van der Waals surface area (Å²) in [5.74, 6) is 1.51. The SMILES string of the molecule is COCCOc1ccc2c(COc3cccc4[nH]c(C(=O)N[C@H]5CC[C@](O)(CCN6CC[C@H](O)[C@@H](C)C6)CC5)cc34)coc2c1. The van der Waals surface area contributed by atoms with Crippen molar-refractivity contribution in [2.75, 3.05) is 40.0 Å². The highest BCUT2D eigenvalue weighted by Crippen LogP contribution is 2.33. The smallest absolute Gasteiger partial charge is 0.267 e. The van der Waals surface area contributed by atoms with Crippen molar-refractivity contribution in [3.63, 3.8) is 0 Å². The summed E-state index contributed by atoms with van der Waals surface area (Å²) in [5.41, 5.74) is 2.25. The minimum Gasteiger partial charge on any atom is -0.491 e. The second kappa shape index (κ2) is 13.8. The van der Waals surface area contributed by atoms with Gasteiger partial charge in [0.25, 0.3) is 5.91 Å². The van der Waals surface area contributed by atoms with Crippen LogP contribution in [-0.2, 0) is 11.3 Å². The third-order valence-corrected chi connectivity index (χ3v) is 9.52. The fourth-order valence-corrected chi connectivity index (χ4v) is 6.64.